The summed E-state index contributed by atoms with van der Waals surface area (Å²) in [7, 11) is 0. The molecule has 3 fully saturated rings. The Morgan fingerprint density at radius 1 is 1.25 bits per heavy atom. The molecule has 32 heavy (non-hydrogen) atoms. The third-order valence-corrected chi connectivity index (χ3v) is 8.57. The SMILES string of the molecule is CCCCOc1ccccc1C1(C(=O)NC2C(=O)N3C2SC(C)(C)C3C(=O)[O-])CCCC1. The molecule has 1 N–H and O–H groups in total. The Morgan fingerprint density at radius 3 is 2.59 bits per heavy atom. The Balaban J connectivity index is 1.56. The van der Waals surface area contributed by atoms with Gasteiger partial charge in [0.15, 0.2) is 0 Å². The average Bonchev–Trinajstić information content (AvgIpc) is 3.34. The van der Waals surface area contributed by atoms with E-state index in [1.807, 2.05) is 24.3 Å². The molecule has 2 amide bonds. The van der Waals surface area contributed by atoms with Crippen LogP contribution in [0.5, 0.6) is 5.75 Å². The van der Waals surface area contributed by atoms with Crippen molar-refractivity contribution in [1.82, 2.24) is 10.2 Å². The van der Waals surface area contributed by atoms with Gasteiger partial charge in [0.1, 0.15) is 17.2 Å². The van der Waals surface area contributed by atoms with Crippen molar-refractivity contribution in [2.45, 2.75) is 86.9 Å². The smallest absolute Gasteiger partial charge is 0.249 e. The van der Waals surface area contributed by atoms with Gasteiger partial charge in [-0.1, -0.05) is 44.4 Å². The molecule has 0 bridgehead atoms. The number of carbonyl (C=O) groups excluding carboxylic acids is 3. The van der Waals surface area contributed by atoms with Crippen LogP contribution >= 0.6 is 11.8 Å². The molecular formula is C24H31N2O5S-. The molecule has 1 aromatic carbocycles. The summed E-state index contributed by atoms with van der Waals surface area (Å²) < 4.78 is 5.36. The van der Waals surface area contributed by atoms with Crippen LogP contribution in [0.1, 0.15) is 64.9 Å². The van der Waals surface area contributed by atoms with Gasteiger partial charge in [-0.05, 0) is 39.2 Å². The topological polar surface area (TPSA) is 98.8 Å². The molecule has 1 aliphatic carbocycles. The maximum absolute atomic E-state index is 13.7. The predicted molar refractivity (Wildman–Crippen MR) is 120 cm³/mol. The Labute approximate surface area is 193 Å². The number of hydrogen-bond acceptors (Lipinski definition) is 6. The number of carbonyl (C=O) groups is 3. The van der Waals surface area contributed by atoms with E-state index in [4.69, 9.17) is 4.74 Å². The summed E-state index contributed by atoms with van der Waals surface area (Å²) in [5.41, 5.74) is 0.137. The Bertz CT molecular complexity index is 911. The van der Waals surface area contributed by atoms with Gasteiger partial charge in [0, 0.05) is 10.3 Å². The lowest BCUT2D eigenvalue weighted by atomic mass is 9.77. The largest absolute Gasteiger partial charge is 0.548 e. The lowest BCUT2D eigenvalue weighted by molar-refractivity contribution is -0.312. The standard InChI is InChI=1S/C24H32N2O5S/c1-4-5-14-31-16-11-7-6-10-15(16)24(12-8-9-13-24)22(30)25-17-19(27)26-18(21(28)29)23(2,3)32-20(17)26/h6-7,10-11,17-18,20H,4-5,8-9,12-14H2,1-3H3,(H,25,30)(H,28,29)/p-1. The second kappa shape index (κ2) is 8.61. The van der Waals surface area contributed by atoms with Crippen LogP contribution < -0.4 is 15.2 Å². The van der Waals surface area contributed by atoms with Crippen LogP contribution in [0.2, 0.25) is 0 Å². The molecular weight excluding hydrogens is 428 g/mol. The molecule has 0 aromatic heterocycles. The molecule has 3 aliphatic rings. The lowest BCUT2D eigenvalue weighted by Gasteiger charge is -2.46. The molecule has 3 atom stereocenters. The van der Waals surface area contributed by atoms with Crippen LogP contribution in [0.25, 0.3) is 0 Å². The number of carboxylic acids is 1. The van der Waals surface area contributed by atoms with Gasteiger partial charge in [-0.2, -0.15) is 0 Å². The summed E-state index contributed by atoms with van der Waals surface area (Å²) in [6.07, 6.45) is 5.22. The van der Waals surface area contributed by atoms with Crippen molar-refractivity contribution in [2.24, 2.45) is 0 Å². The van der Waals surface area contributed by atoms with E-state index in [-0.39, 0.29) is 17.2 Å². The third kappa shape index (κ3) is 3.66. The highest BCUT2D eigenvalue weighted by Crippen LogP contribution is 2.51. The highest BCUT2D eigenvalue weighted by Gasteiger charge is 2.63. The molecule has 4 rings (SSSR count). The number of para-hydroxylation sites is 1. The summed E-state index contributed by atoms with van der Waals surface area (Å²) in [5.74, 6) is -1.05. The van der Waals surface area contributed by atoms with Gasteiger partial charge in [0.05, 0.1) is 24.0 Å². The molecule has 2 saturated heterocycles. The minimum absolute atomic E-state index is 0.171. The number of thioether (sulfide) groups is 1. The van der Waals surface area contributed by atoms with Gasteiger partial charge in [0.2, 0.25) is 11.8 Å². The second-order valence-electron chi connectivity index (χ2n) is 9.52. The number of unbranched alkanes of at least 4 members (excludes halogenated alkanes) is 1. The number of β-lactam (4-membered cyclic amide) rings is 1. The van der Waals surface area contributed by atoms with Crippen molar-refractivity contribution >= 4 is 29.5 Å². The van der Waals surface area contributed by atoms with Crippen LogP contribution in [-0.2, 0) is 19.8 Å². The Hall–Kier alpha value is -2.22. The summed E-state index contributed by atoms with van der Waals surface area (Å²) in [4.78, 5) is 39.6. The van der Waals surface area contributed by atoms with Gasteiger partial charge >= 0.3 is 0 Å². The molecule has 3 unspecified atom stereocenters. The number of fused-ring (bicyclic) bond motifs is 1. The first-order valence-electron chi connectivity index (χ1n) is 11.5. The average molecular weight is 460 g/mol. The second-order valence-corrected chi connectivity index (χ2v) is 11.3. The molecule has 8 heteroatoms. The third-order valence-electron chi connectivity index (χ3n) is 7.00. The van der Waals surface area contributed by atoms with E-state index in [0.29, 0.717) is 19.4 Å². The van der Waals surface area contributed by atoms with Crippen LogP contribution in [0.15, 0.2) is 24.3 Å². The fraction of sp³-hybridized carbons (Fsp3) is 0.625. The van der Waals surface area contributed by atoms with Gasteiger partial charge in [-0.25, -0.2) is 0 Å². The van der Waals surface area contributed by atoms with Crippen molar-refractivity contribution in [3.8, 4) is 5.75 Å². The molecule has 0 spiro atoms. The summed E-state index contributed by atoms with van der Waals surface area (Å²) >= 11 is 1.41. The van der Waals surface area contributed by atoms with Gasteiger partial charge in [-0.3, -0.25) is 9.59 Å². The Morgan fingerprint density at radius 2 is 1.94 bits per heavy atom. The lowest BCUT2D eigenvalue weighted by Crippen LogP contribution is -2.72. The van der Waals surface area contributed by atoms with E-state index in [1.165, 1.54) is 16.7 Å². The normalized spacial score (nSPS) is 27.5. The fourth-order valence-corrected chi connectivity index (χ4v) is 6.94. The molecule has 7 nitrogen and oxygen atoms in total. The van der Waals surface area contributed by atoms with Crippen LogP contribution in [0, 0.1) is 0 Å². The summed E-state index contributed by atoms with van der Waals surface area (Å²) in [6.45, 7) is 6.29. The zero-order valence-electron chi connectivity index (χ0n) is 18.9. The Kier molecular flexibility index (Phi) is 6.18. The van der Waals surface area contributed by atoms with E-state index in [2.05, 4.69) is 12.2 Å². The van der Waals surface area contributed by atoms with E-state index < -0.39 is 28.2 Å². The number of carboxylic acid groups (broad SMARTS) is 1. The van der Waals surface area contributed by atoms with Crippen molar-refractivity contribution in [1.29, 1.82) is 0 Å². The molecule has 0 radical (unpaired) electrons. The number of rotatable bonds is 8. The van der Waals surface area contributed by atoms with Crippen LogP contribution in [-0.4, -0.2) is 51.5 Å². The molecule has 2 heterocycles. The van der Waals surface area contributed by atoms with Crippen LogP contribution in [0.3, 0.4) is 0 Å². The highest BCUT2D eigenvalue weighted by molar-refractivity contribution is 8.01. The number of benzene rings is 1. The number of ether oxygens (including phenoxy) is 1. The summed E-state index contributed by atoms with van der Waals surface area (Å²) in [6, 6.07) is 5.99. The van der Waals surface area contributed by atoms with Gasteiger partial charge in [0.25, 0.3) is 0 Å². The number of aliphatic carboxylic acids is 1. The van der Waals surface area contributed by atoms with E-state index >= 15 is 0 Å². The molecule has 174 valence electrons. The molecule has 1 aromatic rings. The quantitative estimate of drug-likeness (QED) is 0.471. The van der Waals surface area contributed by atoms with Gasteiger partial charge < -0.3 is 24.9 Å². The number of amides is 2. The first kappa shape index (κ1) is 23.0. The fourth-order valence-electron chi connectivity index (χ4n) is 5.32. The first-order chi connectivity index (χ1) is 15.2. The minimum Gasteiger partial charge on any atom is -0.548 e. The highest BCUT2D eigenvalue weighted by atomic mass is 32.2. The molecule has 2 aliphatic heterocycles. The van der Waals surface area contributed by atoms with Crippen molar-refractivity contribution in [3.05, 3.63) is 29.8 Å². The van der Waals surface area contributed by atoms with Crippen molar-refractivity contribution < 1.29 is 24.2 Å². The maximum atomic E-state index is 13.7. The van der Waals surface area contributed by atoms with Crippen LogP contribution in [0.4, 0.5) is 0 Å². The van der Waals surface area contributed by atoms with Crippen molar-refractivity contribution in [2.75, 3.05) is 6.61 Å². The minimum atomic E-state index is -1.26. The van der Waals surface area contributed by atoms with Crippen molar-refractivity contribution in [3.63, 3.8) is 0 Å². The van der Waals surface area contributed by atoms with Gasteiger partial charge in [-0.15, -0.1) is 11.8 Å². The zero-order valence-corrected chi connectivity index (χ0v) is 19.7. The summed E-state index contributed by atoms with van der Waals surface area (Å²) in [5, 5.41) is 14.3. The first-order valence-corrected chi connectivity index (χ1v) is 12.3. The monoisotopic (exact) mass is 459 g/mol. The number of nitrogens with zero attached hydrogens (tertiary/aromatic N) is 1. The van der Waals surface area contributed by atoms with E-state index in [1.54, 1.807) is 13.8 Å². The zero-order chi connectivity index (χ0) is 23.1. The number of nitrogens with one attached hydrogen (secondary N) is 1. The number of hydrogen-bond donors (Lipinski definition) is 1. The molecule has 1 saturated carbocycles. The van der Waals surface area contributed by atoms with E-state index in [9.17, 15) is 19.5 Å². The maximum Gasteiger partial charge on any atom is 0.249 e. The van der Waals surface area contributed by atoms with E-state index in [0.717, 1.165) is 37.0 Å². The predicted octanol–water partition coefficient (Wildman–Crippen LogP) is 1.97.